The maximum Gasteiger partial charge on any atom is 0.341 e. The third-order valence-corrected chi connectivity index (χ3v) is 8.08. The summed E-state index contributed by atoms with van der Waals surface area (Å²) in [5.74, 6) is -0.732. The van der Waals surface area contributed by atoms with E-state index < -0.39 is 24.6 Å². The third kappa shape index (κ3) is 6.24. The van der Waals surface area contributed by atoms with Crippen molar-refractivity contribution in [3.8, 4) is 11.5 Å². The summed E-state index contributed by atoms with van der Waals surface area (Å²) in [5.41, 5.74) is 1.87. The van der Waals surface area contributed by atoms with Gasteiger partial charge in [-0.1, -0.05) is 46.7 Å². The van der Waals surface area contributed by atoms with Crippen molar-refractivity contribution in [2.75, 3.05) is 20.3 Å². The number of esters is 1. The fourth-order valence-electron chi connectivity index (χ4n) is 4.35. The number of halogens is 2. The van der Waals surface area contributed by atoms with Gasteiger partial charge in [-0.25, -0.2) is 14.6 Å². The zero-order chi connectivity index (χ0) is 29.0. The van der Waals surface area contributed by atoms with E-state index >= 15 is 0 Å². The fourth-order valence-corrected chi connectivity index (χ4v) is 6.26. The van der Waals surface area contributed by atoms with Gasteiger partial charge in [0.1, 0.15) is 17.5 Å². The average Bonchev–Trinajstić information content (AvgIpc) is 3.21. The number of nitrogens with zero attached hydrogens (tertiary/aromatic N) is 2. The van der Waals surface area contributed by atoms with Crippen LogP contribution in [0.1, 0.15) is 43.9 Å². The summed E-state index contributed by atoms with van der Waals surface area (Å²) < 4.78 is 19.6. The van der Waals surface area contributed by atoms with Crippen LogP contribution < -0.4 is 24.4 Å². The van der Waals surface area contributed by atoms with Gasteiger partial charge in [-0.2, -0.15) is 0 Å². The summed E-state index contributed by atoms with van der Waals surface area (Å²) in [6.07, 6.45) is 2.98. The normalized spacial score (nSPS) is 14.9. The van der Waals surface area contributed by atoms with Crippen LogP contribution in [0.25, 0.3) is 6.08 Å². The van der Waals surface area contributed by atoms with Gasteiger partial charge in [0.15, 0.2) is 11.4 Å². The molecule has 210 valence electrons. The largest absolute Gasteiger partial charge is 0.496 e. The van der Waals surface area contributed by atoms with Gasteiger partial charge in [-0.3, -0.25) is 9.36 Å². The predicted molar refractivity (Wildman–Crippen MR) is 158 cm³/mol. The van der Waals surface area contributed by atoms with E-state index in [1.54, 1.807) is 44.4 Å². The number of carbonyl (C=O) groups is 2. The molecule has 0 saturated heterocycles. The topological polar surface area (TPSA) is 116 Å². The van der Waals surface area contributed by atoms with Crippen LogP contribution >= 0.6 is 43.2 Å². The molecular formula is C28H26Br2N2O7S. The lowest BCUT2D eigenvalue weighted by molar-refractivity contribution is -0.140. The summed E-state index contributed by atoms with van der Waals surface area (Å²) in [6.45, 7) is 3.43. The van der Waals surface area contributed by atoms with Crippen LogP contribution in [0.15, 0.2) is 66.4 Å². The highest BCUT2D eigenvalue weighted by Crippen LogP contribution is 2.38. The Morgan fingerprint density at radius 1 is 1.15 bits per heavy atom. The van der Waals surface area contributed by atoms with Gasteiger partial charge in [0, 0.05) is 10.0 Å². The highest BCUT2D eigenvalue weighted by Gasteiger charge is 2.36. The molecule has 1 N–H and O–H groups in total. The number of hydrogen-bond donors (Lipinski definition) is 1. The molecule has 1 aliphatic rings. The molecule has 1 aliphatic heterocycles. The Morgan fingerprint density at radius 3 is 2.55 bits per heavy atom. The zero-order valence-corrected chi connectivity index (χ0v) is 25.9. The standard InChI is InChI=1S/C28H26Br2N2O7S/c1-4-6-19-24(27(36)38-5-2)25(17-13-16(29)8-10-20(17)37-3)32-26(35)22(40-28(32)31-19)12-15-7-9-21(18(30)11-15)39-14-23(33)34/h7-13,25H,4-6,14H2,1-3H3,(H,33,34)/b22-12-/t25-/m1/s1. The van der Waals surface area contributed by atoms with Crippen LogP contribution in [0.4, 0.5) is 0 Å². The maximum atomic E-state index is 14.0. The number of aliphatic carboxylic acids is 1. The number of rotatable bonds is 10. The molecule has 0 spiro atoms. The van der Waals surface area contributed by atoms with Gasteiger partial charge in [-0.05, 0) is 71.2 Å². The van der Waals surface area contributed by atoms with Gasteiger partial charge in [0.2, 0.25) is 0 Å². The number of thiazole rings is 1. The lowest BCUT2D eigenvalue weighted by Gasteiger charge is -2.27. The van der Waals surface area contributed by atoms with Crippen molar-refractivity contribution in [2.45, 2.75) is 32.7 Å². The van der Waals surface area contributed by atoms with Crippen LogP contribution in [0.2, 0.25) is 0 Å². The van der Waals surface area contributed by atoms with Crippen molar-refractivity contribution in [2.24, 2.45) is 4.99 Å². The number of fused-ring (bicyclic) bond motifs is 1. The predicted octanol–water partition coefficient (Wildman–Crippen LogP) is 4.58. The summed E-state index contributed by atoms with van der Waals surface area (Å²) >= 11 is 8.13. The Balaban J connectivity index is 1.94. The molecule has 0 fully saturated rings. The zero-order valence-electron chi connectivity index (χ0n) is 21.9. The molecule has 1 atom stereocenters. The van der Waals surface area contributed by atoms with Gasteiger partial charge in [0.05, 0.1) is 34.0 Å². The molecule has 0 amide bonds. The number of carboxylic acids is 1. The second-order valence-electron chi connectivity index (χ2n) is 8.67. The van der Waals surface area contributed by atoms with E-state index in [2.05, 4.69) is 31.9 Å². The van der Waals surface area contributed by atoms with E-state index in [1.807, 2.05) is 19.1 Å². The van der Waals surface area contributed by atoms with Crippen LogP contribution in [0, 0.1) is 0 Å². The molecule has 0 aliphatic carbocycles. The molecule has 2 aromatic carbocycles. The fraction of sp³-hybridized carbons (Fsp3) is 0.286. The summed E-state index contributed by atoms with van der Waals surface area (Å²) in [5, 5.41) is 8.88. The first kappa shape index (κ1) is 29.8. The smallest absolute Gasteiger partial charge is 0.341 e. The highest BCUT2D eigenvalue weighted by molar-refractivity contribution is 9.10. The molecule has 40 heavy (non-hydrogen) atoms. The molecule has 0 radical (unpaired) electrons. The van der Waals surface area contributed by atoms with Crippen molar-refractivity contribution in [1.82, 2.24) is 4.57 Å². The molecule has 9 nitrogen and oxygen atoms in total. The number of methoxy groups -OCH3 is 1. The second kappa shape index (κ2) is 13.0. The first-order chi connectivity index (χ1) is 19.2. The number of carboxylic acid groups (broad SMARTS) is 1. The van der Waals surface area contributed by atoms with Crippen LogP contribution in [0.5, 0.6) is 11.5 Å². The first-order valence-electron chi connectivity index (χ1n) is 12.4. The van der Waals surface area contributed by atoms with Crippen LogP contribution in [-0.2, 0) is 14.3 Å². The minimum atomic E-state index is -1.08. The van der Waals surface area contributed by atoms with E-state index in [1.165, 1.54) is 15.9 Å². The van der Waals surface area contributed by atoms with Crippen molar-refractivity contribution in [3.05, 3.63) is 87.4 Å². The van der Waals surface area contributed by atoms with Crippen molar-refractivity contribution in [1.29, 1.82) is 0 Å². The van der Waals surface area contributed by atoms with Gasteiger partial charge in [0.25, 0.3) is 5.56 Å². The van der Waals surface area contributed by atoms with Gasteiger partial charge < -0.3 is 19.3 Å². The number of benzene rings is 2. The molecule has 12 heteroatoms. The Morgan fingerprint density at radius 2 is 1.90 bits per heavy atom. The Bertz CT molecular complexity index is 1680. The quantitative estimate of drug-likeness (QED) is 0.309. The lowest BCUT2D eigenvalue weighted by Crippen LogP contribution is -2.40. The Kier molecular flexibility index (Phi) is 9.64. The lowest BCUT2D eigenvalue weighted by atomic mass is 9.93. The SMILES string of the molecule is CCCC1=C(C(=O)OCC)[C@@H](c2cc(Br)ccc2OC)n2c(s/c(=C\c3ccc(OCC(=O)O)c(Br)c3)c2=O)=N1. The Hall–Kier alpha value is -3.22. The van der Waals surface area contributed by atoms with Crippen molar-refractivity contribution >= 4 is 61.2 Å². The van der Waals surface area contributed by atoms with E-state index in [9.17, 15) is 14.4 Å². The van der Waals surface area contributed by atoms with E-state index in [-0.39, 0.29) is 12.2 Å². The number of hydrogen-bond acceptors (Lipinski definition) is 8. The van der Waals surface area contributed by atoms with Crippen molar-refractivity contribution < 1.29 is 28.9 Å². The number of aromatic nitrogens is 1. The van der Waals surface area contributed by atoms with Gasteiger partial charge in [-0.15, -0.1) is 0 Å². The number of allylic oxidation sites excluding steroid dienone is 1. The highest BCUT2D eigenvalue weighted by atomic mass is 79.9. The molecule has 2 heterocycles. The summed E-state index contributed by atoms with van der Waals surface area (Å²) in [7, 11) is 1.54. The van der Waals surface area contributed by atoms with Crippen molar-refractivity contribution in [3.63, 3.8) is 0 Å². The van der Waals surface area contributed by atoms with E-state index in [0.29, 0.717) is 54.1 Å². The molecular weight excluding hydrogens is 668 g/mol. The second-order valence-corrected chi connectivity index (χ2v) is 11.5. The molecule has 0 saturated carbocycles. The summed E-state index contributed by atoms with van der Waals surface area (Å²) in [6, 6.07) is 9.71. The summed E-state index contributed by atoms with van der Waals surface area (Å²) in [4.78, 5) is 43.4. The number of ether oxygens (including phenoxy) is 3. The first-order valence-corrected chi connectivity index (χ1v) is 14.8. The Labute approximate surface area is 250 Å². The monoisotopic (exact) mass is 692 g/mol. The molecule has 0 unspecified atom stereocenters. The minimum absolute atomic E-state index is 0.176. The van der Waals surface area contributed by atoms with Gasteiger partial charge >= 0.3 is 11.9 Å². The minimum Gasteiger partial charge on any atom is -0.496 e. The van der Waals surface area contributed by atoms with Crippen LogP contribution in [0.3, 0.4) is 0 Å². The molecule has 1 aromatic heterocycles. The number of carbonyl (C=O) groups excluding carboxylic acids is 1. The van der Waals surface area contributed by atoms with Crippen LogP contribution in [-0.4, -0.2) is 41.9 Å². The molecule has 4 rings (SSSR count). The molecule has 3 aromatic rings. The van der Waals surface area contributed by atoms with E-state index in [0.717, 1.165) is 10.9 Å². The average molecular weight is 694 g/mol. The third-order valence-electron chi connectivity index (χ3n) is 5.98. The molecule has 0 bridgehead atoms. The van der Waals surface area contributed by atoms with E-state index in [4.69, 9.17) is 24.3 Å². The maximum absolute atomic E-state index is 14.0.